The quantitative estimate of drug-likeness (QED) is 0.889. The lowest BCUT2D eigenvalue weighted by molar-refractivity contribution is -0.0793. The van der Waals surface area contributed by atoms with Crippen LogP contribution < -0.4 is 5.32 Å². The van der Waals surface area contributed by atoms with Crippen LogP contribution in [0.15, 0.2) is 29.6 Å². The summed E-state index contributed by atoms with van der Waals surface area (Å²) in [5.41, 5.74) is 0.623. The number of hydrogen-bond donors (Lipinski definition) is 2. The lowest BCUT2D eigenvalue weighted by Gasteiger charge is -2.39. The molecule has 0 saturated carbocycles. The van der Waals surface area contributed by atoms with Crippen molar-refractivity contribution in [2.45, 2.75) is 38.1 Å². The highest BCUT2D eigenvalue weighted by Crippen LogP contribution is 2.28. The van der Waals surface area contributed by atoms with Crippen molar-refractivity contribution >= 4 is 21.4 Å². The van der Waals surface area contributed by atoms with Crippen LogP contribution in [0.3, 0.4) is 0 Å². The van der Waals surface area contributed by atoms with Gasteiger partial charge in [-0.15, -0.1) is 11.3 Å². The molecule has 0 amide bonds. The fourth-order valence-electron chi connectivity index (χ4n) is 2.81. The number of rotatable bonds is 5. The first-order valence-electron chi connectivity index (χ1n) is 7.11. The Morgan fingerprint density at radius 2 is 2.15 bits per heavy atom. The zero-order valence-electron chi connectivity index (χ0n) is 11.9. The minimum atomic E-state index is -0.573. The predicted molar refractivity (Wildman–Crippen MR) is 83.2 cm³/mol. The molecule has 4 heteroatoms. The van der Waals surface area contributed by atoms with Gasteiger partial charge in [-0.1, -0.05) is 6.07 Å². The second-order valence-corrected chi connectivity index (χ2v) is 6.79. The van der Waals surface area contributed by atoms with E-state index in [0.29, 0.717) is 19.5 Å². The molecule has 2 atom stereocenters. The second-order valence-electron chi connectivity index (χ2n) is 5.84. The van der Waals surface area contributed by atoms with Gasteiger partial charge in [-0.25, -0.2) is 0 Å². The highest BCUT2D eigenvalue weighted by molar-refractivity contribution is 7.17. The number of aliphatic hydroxyl groups is 1. The van der Waals surface area contributed by atoms with Crippen LogP contribution in [0.2, 0.25) is 0 Å². The highest BCUT2D eigenvalue weighted by Gasteiger charge is 2.36. The predicted octanol–water partition coefficient (Wildman–Crippen LogP) is 3.09. The van der Waals surface area contributed by atoms with E-state index in [-0.39, 0.29) is 12.2 Å². The van der Waals surface area contributed by atoms with E-state index in [2.05, 4.69) is 41.9 Å². The average molecular weight is 291 g/mol. The van der Waals surface area contributed by atoms with Crippen molar-refractivity contribution in [3.8, 4) is 0 Å². The van der Waals surface area contributed by atoms with E-state index < -0.39 is 5.60 Å². The number of benzene rings is 1. The molecule has 0 aliphatic carbocycles. The number of nitrogens with one attached hydrogen (secondary N) is 1. The Kier molecular flexibility index (Phi) is 3.82. The van der Waals surface area contributed by atoms with Gasteiger partial charge in [-0.05, 0) is 48.4 Å². The van der Waals surface area contributed by atoms with Gasteiger partial charge in [0.15, 0.2) is 0 Å². The maximum atomic E-state index is 10.1. The monoisotopic (exact) mass is 291 g/mol. The summed E-state index contributed by atoms with van der Waals surface area (Å²) in [6, 6.07) is 8.63. The average Bonchev–Trinajstić information content (AvgIpc) is 2.83. The summed E-state index contributed by atoms with van der Waals surface area (Å²) < 4.78 is 7.36. The summed E-state index contributed by atoms with van der Waals surface area (Å²) in [6.07, 6.45) is 0.784. The summed E-state index contributed by atoms with van der Waals surface area (Å²) in [6.45, 7) is 5.47. The van der Waals surface area contributed by atoms with Crippen molar-refractivity contribution in [1.82, 2.24) is 5.32 Å². The lowest BCUT2D eigenvalue weighted by atomic mass is 9.90. The van der Waals surface area contributed by atoms with Gasteiger partial charge in [0, 0.05) is 24.2 Å². The smallest absolute Gasteiger partial charge is 0.0919 e. The van der Waals surface area contributed by atoms with Crippen LogP contribution in [0.25, 0.3) is 10.1 Å². The molecule has 2 unspecified atom stereocenters. The number of thiophene rings is 1. The summed E-state index contributed by atoms with van der Waals surface area (Å²) in [7, 11) is 0. The Balaban J connectivity index is 1.64. The molecule has 1 aromatic heterocycles. The van der Waals surface area contributed by atoms with Gasteiger partial charge >= 0.3 is 0 Å². The van der Waals surface area contributed by atoms with E-state index in [1.54, 1.807) is 11.3 Å². The second kappa shape index (κ2) is 5.45. The van der Waals surface area contributed by atoms with Gasteiger partial charge in [-0.2, -0.15) is 0 Å². The van der Waals surface area contributed by atoms with Gasteiger partial charge in [-0.3, -0.25) is 0 Å². The lowest BCUT2D eigenvalue weighted by Crippen LogP contribution is -2.60. The van der Waals surface area contributed by atoms with E-state index in [9.17, 15) is 5.11 Å². The minimum absolute atomic E-state index is 0.0472. The largest absolute Gasteiger partial charge is 0.387 e. The molecule has 1 aliphatic heterocycles. The van der Waals surface area contributed by atoms with Gasteiger partial charge < -0.3 is 15.2 Å². The molecule has 2 aromatic rings. The summed E-state index contributed by atoms with van der Waals surface area (Å²) in [5, 5.41) is 16.6. The molecule has 108 valence electrons. The van der Waals surface area contributed by atoms with Crippen LogP contribution in [-0.2, 0) is 4.74 Å². The molecule has 1 saturated heterocycles. The molecule has 2 heterocycles. The third-order valence-corrected chi connectivity index (χ3v) is 4.86. The molecule has 1 fully saturated rings. The van der Waals surface area contributed by atoms with Crippen LogP contribution in [0, 0.1) is 0 Å². The van der Waals surface area contributed by atoms with E-state index in [1.165, 1.54) is 15.6 Å². The summed E-state index contributed by atoms with van der Waals surface area (Å²) >= 11 is 1.76. The standard InChI is InChI=1S/C16H21NO2S/c1-11(8-16(18)9-17-10-16)19-12(2)13-3-4-15-14(7-13)5-6-20-15/h3-7,11-12,17-18H,8-10H2,1-2H3. The van der Waals surface area contributed by atoms with Gasteiger partial charge in [0.25, 0.3) is 0 Å². The van der Waals surface area contributed by atoms with Crippen molar-refractivity contribution in [3.05, 3.63) is 35.2 Å². The van der Waals surface area contributed by atoms with E-state index in [1.807, 2.05) is 6.92 Å². The van der Waals surface area contributed by atoms with Gasteiger partial charge in [0.1, 0.15) is 0 Å². The summed E-state index contributed by atoms with van der Waals surface area (Å²) in [4.78, 5) is 0. The fraction of sp³-hybridized carbons (Fsp3) is 0.500. The van der Waals surface area contributed by atoms with Crippen LogP contribution in [0.1, 0.15) is 31.9 Å². The van der Waals surface area contributed by atoms with E-state index in [4.69, 9.17) is 4.74 Å². The summed E-state index contributed by atoms with van der Waals surface area (Å²) in [5.74, 6) is 0. The van der Waals surface area contributed by atoms with Crippen molar-refractivity contribution in [3.63, 3.8) is 0 Å². The number of ether oxygens (including phenoxy) is 1. The Morgan fingerprint density at radius 1 is 1.35 bits per heavy atom. The van der Waals surface area contributed by atoms with Crippen LogP contribution in [0.5, 0.6) is 0 Å². The maximum absolute atomic E-state index is 10.1. The molecule has 0 bridgehead atoms. The highest BCUT2D eigenvalue weighted by atomic mass is 32.1. The first kappa shape index (κ1) is 14.0. The molecule has 20 heavy (non-hydrogen) atoms. The zero-order valence-corrected chi connectivity index (χ0v) is 12.7. The molecule has 0 radical (unpaired) electrons. The Morgan fingerprint density at radius 3 is 2.85 bits per heavy atom. The first-order chi connectivity index (χ1) is 9.56. The van der Waals surface area contributed by atoms with Crippen LogP contribution in [0.4, 0.5) is 0 Å². The van der Waals surface area contributed by atoms with Crippen molar-refractivity contribution in [2.24, 2.45) is 0 Å². The van der Waals surface area contributed by atoms with Crippen molar-refractivity contribution in [1.29, 1.82) is 0 Å². The zero-order chi connectivity index (χ0) is 14.2. The molecule has 1 aromatic carbocycles. The number of fused-ring (bicyclic) bond motifs is 1. The minimum Gasteiger partial charge on any atom is -0.387 e. The Hall–Kier alpha value is -0.940. The van der Waals surface area contributed by atoms with Crippen LogP contribution >= 0.6 is 11.3 Å². The van der Waals surface area contributed by atoms with Crippen molar-refractivity contribution < 1.29 is 9.84 Å². The maximum Gasteiger partial charge on any atom is 0.0919 e. The number of β-amino-alcohol motifs (C(OH)–C–C–N with tert-alkyl or cyclic N) is 1. The van der Waals surface area contributed by atoms with Gasteiger partial charge in [0.05, 0.1) is 17.8 Å². The fourth-order valence-corrected chi connectivity index (χ4v) is 3.58. The normalized spacial score (nSPS) is 20.6. The topological polar surface area (TPSA) is 41.5 Å². The van der Waals surface area contributed by atoms with Gasteiger partial charge in [0.2, 0.25) is 0 Å². The SMILES string of the molecule is CC(CC1(O)CNC1)OC(C)c1ccc2sccc2c1. The molecular weight excluding hydrogens is 270 g/mol. The molecule has 2 N–H and O–H groups in total. The molecule has 1 aliphatic rings. The Bertz CT molecular complexity index is 591. The number of hydrogen-bond acceptors (Lipinski definition) is 4. The third kappa shape index (κ3) is 2.88. The third-order valence-electron chi connectivity index (χ3n) is 3.96. The van der Waals surface area contributed by atoms with Crippen molar-refractivity contribution in [2.75, 3.05) is 13.1 Å². The van der Waals surface area contributed by atoms with Crippen LogP contribution in [-0.4, -0.2) is 29.9 Å². The molecular formula is C16H21NO2S. The first-order valence-corrected chi connectivity index (χ1v) is 7.99. The van der Waals surface area contributed by atoms with E-state index in [0.717, 1.165) is 0 Å². The van der Waals surface area contributed by atoms with E-state index >= 15 is 0 Å². The Labute approximate surface area is 123 Å². The molecule has 3 rings (SSSR count). The molecule has 3 nitrogen and oxygen atoms in total. The molecule has 0 spiro atoms.